The first-order valence-electron chi connectivity index (χ1n) is 5.95. The lowest BCUT2D eigenvalue weighted by molar-refractivity contribution is -0.122. The third-order valence-corrected chi connectivity index (χ3v) is 4.27. The smallest absolute Gasteiger partial charge is 0.242 e. The van der Waals surface area contributed by atoms with Gasteiger partial charge in [-0.05, 0) is 37.9 Å². The molecular weight excluding hydrogens is 234 g/mol. The molecule has 17 heavy (non-hydrogen) atoms. The predicted molar refractivity (Wildman–Crippen MR) is 69.9 cm³/mol. The zero-order valence-electron chi connectivity index (χ0n) is 10.1. The highest BCUT2D eigenvalue weighted by Crippen LogP contribution is 2.17. The van der Waals surface area contributed by atoms with E-state index in [9.17, 15) is 4.79 Å². The van der Waals surface area contributed by atoms with Gasteiger partial charge in [-0.25, -0.2) is 0 Å². The molecule has 0 aliphatic carbocycles. The Bertz CT molecular complexity index is 366. The van der Waals surface area contributed by atoms with Gasteiger partial charge in [-0.1, -0.05) is 6.07 Å². The molecule has 2 rings (SSSR count). The molecule has 2 unspecified atom stereocenters. The fourth-order valence-corrected chi connectivity index (χ4v) is 2.89. The summed E-state index contributed by atoms with van der Waals surface area (Å²) in [5.41, 5.74) is 5.89. The number of likely N-dealkylation sites (N-methyl/N-ethyl adjacent to an activating group) is 1. The molecule has 0 bridgehead atoms. The minimum Gasteiger partial charge on any atom is -0.353 e. The molecule has 1 amide bonds. The van der Waals surface area contributed by atoms with Gasteiger partial charge in [0.2, 0.25) is 5.91 Å². The summed E-state index contributed by atoms with van der Waals surface area (Å²) in [6.07, 6.45) is 2.37. The van der Waals surface area contributed by atoms with Crippen LogP contribution in [0.1, 0.15) is 23.8 Å². The maximum absolute atomic E-state index is 11.9. The van der Waals surface area contributed by atoms with E-state index >= 15 is 0 Å². The third kappa shape index (κ3) is 3.06. The van der Waals surface area contributed by atoms with Crippen LogP contribution in [0.3, 0.4) is 0 Å². The van der Waals surface area contributed by atoms with Crippen molar-refractivity contribution in [2.24, 2.45) is 5.73 Å². The predicted octanol–water partition coefficient (Wildman–Crippen LogP) is 0.958. The molecule has 94 valence electrons. The molecule has 1 aromatic rings. The molecule has 1 saturated heterocycles. The minimum absolute atomic E-state index is 0.0762. The summed E-state index contributed by atoms with van der Waals surface area (Å²) in [5.74, 6) is -0.0762. The Morgan fingerprint density at radius 1 is 1.76 bits per heavy atom. The Labute approximate surface area is 106 Å². The third-order valence-electron chi connectivity index (χ3n) is 3.32. The second kappa shape index (κ2) is 5.62. The number of carbonyl (C=O) groups excluding carboxylic acids is 1. The number of nitrogens with two attached hydrogens (primary N) is 1. The fourth-order valence-electron chi connectivity index (χ4n) is 2.16. The van der Waals surface area contributed by atoms with E-state index in [1.165, 1.54) is 17.8 Å². The largest absolute Gasteiger partial charge is 0.353 e. The number of likely N-dealkylation sites (tertiary alicyclic amines) is 1. The van der Waals surface area contributed by atoms with Gasteiger partial charge in [-0.15, -0.1) is 11.3 Å². The molecular formula is C12H19N3OS. The van der Waals surface area contributed by atoms with Crippen LogP contribution in [-0.2, 0) is 4.79 Å². The number of carbonyl (C=O) groups is 1. The maximum Gasteiger partial charge on any atom is 0.242 e. The number of thiophene rings is 1. The normalized spacial score (nSPS) is 22.6. The van der Waals surface area contributed by atoms with Crippen LogP contribution in [0.5, 0.6) is 0 Å². The van der Waals surface area contributed by atoms with Gasteiger partial charge in [0, 0.05) is 17.5 Å². The van der Waals surface area contributed by atoms with Crippen molar-refractivity contribution in [2.75, 3.05) is 20.1 Å². The van der Waals surface area contributed by atoms with Crippen LogP contribution in [0.25, 0.3) is 0 Å². The zero-order chi connectivity index (χ0) is 12.3. The zero-order valence-corrected chi connectivity index (χ0v) is 10.9. The lowest BCUT2D eigenvalue weighted by Gasteiger charge is -2.20. The molecule has 2 heterocycles. The first-order chi connectivity index (χ1) is 8.18. The second-order valence-corrected chi connectivity index (χ2v) is 5.49. The van der Waals surface area contributed by atoms with Crippen molar-refractivity contribution in [3.63, 3.8) is 0 Å². The van der Waals surface area contributed by atoms with E-state index in [0.717, 1.165) is 17.8 Å². The van der Waals surface area contributed by atoms with Gasteiger partial charge in [0.05, 0.1) is 0 Å². The summed E-state index contributed by atoms with van der Waals surface area (Å²) in [6, 6.07) is 3.75. The van der Waals surface area contributed by atoms with E-state index in [1.807, 2.05) is 17.5 Å². The number of hydrogen-bond donors (Lipinski definition) is 2. The van der Waals surface area contributed by atoms with Gasteiger partial charge in [0.25, 0.3) is 0 Å². The first-order valence-corrected chi connectivity index (χ1v) is 6.83. The molecule has 0 aromatic carbocycles. The quantitative estimate of drug-likeness (QED) is 0.840. The van der Waals surface area contributed by atoms with E-state index in [4.69, 9.17) is 5.73 Å². The van der Waals surface area contributed by atoms with Gasteiger partial charge >= 0.3 is 0 Å². The molecule has 1 aliphatic rings. The highest BCUT2D eigenvalue weighted by Gasteiger charge is 2.23. The van der Waals surface area contributed by atoms with E-state index < -0.39 is 6.04 Å². The number of rotatable bonds is 4. The number of nitrogens with one attached hydrogen (secondary N) is 1. The second-order valence-electron chi connectivity index (χ2n) is 4.51. The Kier molecular flexibility index (Phi) is 4.15. The maximum atomic E-state index is 11.9. The molecule has 0 saturated carbocycles. The van der Waals surface area contributed by atoms with Crippen LogP contribution in [0, 0.1) is 0 Å². The summed E-state index contributed by atoms with van der Waals surface area (Å²) < 4.78 is 0. The Hall–Kier alpha value is -0.910. The van der Waals surface area contributed by atoms with Crippen molar-refractivity contribution >= 4 is 17.2 Å². The average molecular weight is 253 g/mol. The molecule has 0 radical (unpaired) electrons. The number of hydrogen-bond acceptors (Lipinski definition) is 4. The van der Waals surface area contributed by atoms with Crippen LogP contribution in [0.4, 0.5) is 0 Å². The molecule has 1 aromatic heterocycles. The molecule has 2 atom stereocenters. The van der Waals surface area contributed by atoms with E-state index in [0.29, 0.717) is 12.6 Å². The van der Waals surface area contributed by atoms with Crippen LogP contribution in [0.15, 0.2) is 17.5 Å². The summed E-state index contributed by atoms with van der Waals surface area (Å²) in [7, 11) is 2.10. The summed E-state index contributed by atoms with van der Waals surface area (Å²) in [5, 5.41) is 4.88. The molecule has 0 spiro atoms. The van der Waals surface area contributed by atoms with Gasteiger partial charge in [-0.2, -0.15) is 0 Å². The molecule has 1 aliphatic heterocycles. The molecule has 5 heteroatoms. The SMILES string of the molecule is CN1CCCC1CNC(=O)C(N)c1cccs1. The minimum atomic E-state index is -0.526. The van der Waals surface area contributed by atoms with Crippen molar-refractivity contribution in [2.45, 2.75) is 24.9 Å². The van der Waals surface area contributed by atoms with E-state index in [2.05, 4.69) is 17.3 Å². The van der Waals surface area contributed by atoms with Crippen molar-refractivity contribution < 1.29 is 4.79 Å². The summed E-state index contributed by atoms with van der Waals surface area (Å²) in [4.78, 5) is 15.1. The molecule has 4 nitrogen and oxygen atoms in total. The molecule has 1 fully saturated rings. The average Bonchev–Trinajstić information content (AvgIpc) is 2.96. The highest BCUT2D eigenvalue weighted by atomic mass is 32.1. The van der Waals surface area contributed by atoms with Gasteiger partial charge in [0.15, 0.2) is 0 Å². The number of amides is 1. The topological polar surface area (TPSA) is 58.4 Å². The lowest BCUT2D eigenvalue weighted by atomic mass is 10.2. The van der Waals surface area contributed by atoms with Crippen LogP contribution >= 0.6 is 11.3 Å². The summed E-state index contributed by atoms with van der Waals surface area (Å²) >= 11 is 1.52. The Morgan fingerprint density at radius 2 is 2.59 bits per heavy atom. The van der Waals surface area contributed by atoms with Gasteiger partial charge < -0.3 is 16.0 Å². The Balaban J connectivity index is 1.81. The van der Waals surface area contributed by atoms with Crippen molar-refractivity contribution in [1.82, 2.24) is 10.2 Å². The van der Waals surface area contributed by atoms with Crippen molar-refractivity contribution in [3.05, 3.63) is 22.4 Å². The van der Waals surface area contributed by atoms with Crippen LogP contribution < -0.4 is 11.1 Å². The number of nitrogens with zero attached hydrogens (tertiary/aromatic N) is 1. The fraction of sp³-hybridized carbons (Fsp3) is 0.583. The molecule has 3 N–H and O–H groups in total. The monoisotopic (exact) mass is 253 g/mol. The van der Waals surface area contributed by atoms with Crippen LogP contribution in [-0.4, -0.2) is 37.0 Å². The highest BCUT2D eigenvalue weighted by molar-refractivity contribution is 7.10. The van der Waals surface area contributed by atoms with Crippen LogP contribution in [0.2, 0.25) is 0 Å². The first kappa shape index (κ1) is 12.5. The van der Waals surface area contributed by atoms with Crippen molar-refractivity contribution in [3.8, 4) is 0 Å². The summed E-state index contributed by atoms with van der Waals surface area (Å²) in [6.45, 7) is 1.83. The lowest BCUT2D eigenvalue weighted by Crippen LogP contribution is -2.41. The standard InChI is InChI=1S/C12H19N3OS/c1-15-6-2-4-9(15)8-14-12(16)11(13)10-5-3-7-17-10/h3,5,7,9,11H,2,4,6,8,13H2,1H3,(H,14,16). The van der Waals surface area contributed by atoms with Gasteiger partial charge in [0.1, 0.15) is 6.04 Å². The van der Waals surface area contributed by atoms with Gasteiger partial charge in [-0.3, -0.25) is 4.79 Å². The van der Waals surface area contributed by atoms with E-state index in [1.54, 1.807) is 0 Å². The Morgan fingerprint density at radius 3 is 3.18 bits per heavy atom. The van der Waals surface area contributed by atoms with Crippen molar-refractivity contribution in [1.29, 1.82) is 0 Å². The van der Waals surface area contributed by atoms with E-state index in [-0.39, 0.29) is 5.91 Å².